The zero-order valence-corrected chi connectivity index (χ0v) is 17.7. The summed E-state index contributed by atoms with van der Waals surface area (Å²) in [6.45, 7) is -0.167. The fourth-order valence-corrected chi connectivity index (χ4v) is 6.31. The standard InChI is InChI=1S/C20H23F3N4O3S/c1-30-16-2-3-17-14(4-16)9-26(31(28,29)20(21,22)23)11-18(19-5-13(6-19)7-19)27(17)10-15-8-24-12-25-15/h2-4,8,12-13,18H,5-7,9-11H2,1H3,(H,24,25)/t13?,18-,19?/m0/s1. The van der Waals surface area contributed by atoms with E-state index in [1.807, 2.05) is 6.07 Å². The highest BCUT2D eigenvalue weighted by Crippen LogP contribution is 2.67. The van der Waals surface area contributed by atoms with Gasteiger partial charge in [-0.25, -0.2) is 13.4 Å². The highest BCUT2D eigenvalue weighted by Gasteiger charge is 2.63. The minimum Gasteiger partial charge on any atom is -0.497 e. The van der Waals surface area contributed by atoms with Crippen LogP contribution in [0.5, 0.6) is 5.75 Å². The number of imidazole rings is 1. The molecule has 168 valence electrons. The van der Waals surface area contributed by atoms with Gasteiger partial charge in [-0.05, 0) is 54.4 Å². The van der Waals surface area contributed by atoms with Crippen molar-refractivity contribution in [2.24, 2.45) is 11.3 Å². The van der Waals surface area contributed by atoms with E-state index in [1.54, 1.807) is 24.7 Å². The number of methoxy groups -OCH3 is 1. The van der Waals surface area contributed by atoms with Crippen molar-refractivity contribution in [2.45, 2.75) is 43.9 Å². The molecule has 1 atom stereocenters. The fourth-order valence-electron chi connectivity index (χ4n) is 5.37. The summed E-state index contributed by atoms with van der Waals surface area (Å²) in [6, 6.07) is 4.82. The summed E-state index contributed by atoms with van der Waals surface area (Å²) < 4.78 is 71.4. The molecule has 3 saturated carbocycles. The maximum Gasteiger partial charge on any atom is 0.511 e. The first kappa shape index (κ1) is 20.6. The number of sulfonamides is 1. The third-order valence-electron chi connectivity index (χ3n) is 7.02. The molecule has 0 spiro atoms. The van der Waals surface area contributed by atoms with Gasteiger partial charge in [0.05, 0.1) is 25.7 Å². The second-order valence-corrected chi connectivity index (χ2v) is 10.7. The number of ether oxygens (including phenoxy) is 1. The number of nitrogens with zero attached hydrogens (tertiary/aromatic N) is 3. The highest BCUT2D eigenvalue weighted by atomic mass is 32.2. The molecule has 11 heteroatoms. The van der Waals surface area contributed by atoms with E-state index in [2.05, 4.69) is 14.9 Å². The molecule has 1 aliphatic heterocycles. The van der Waals surface area contributed by atoms with Crippen molar-refractivity contribution in [1.29, 1.82) is 0 Å². The normalized spacial score (nSPS) is 28.3. The van der Waals surface area contributed by atoms with Crippen LogP contribution < -0.4 is 9.64 Å². The van der Waals surface area contributed by atoms with E-state index in [0.29, 0.717) is 28.1 Å². The molecule has 2 heterocycles. The van der Waals surface area contributed by atoms with Gasteiger partial charge in [0.25, 0.3) is 0 Å². The fraction of sp³-hybridized carbons (Fsp3) is 0.550. The highest BCUT2D eigenvalue weighted by molar-refractivity contribution is 7.89. The first-order valence-electron chi connectivity index (χ1n) is 10.1. The predicted octanol–water partition coefficient (Wildman–Crippen LogP) is 3.26. The molecule has 7 nitrogen and oxygen atoms in total. The number of halogens is 3. The largest absolute Gasteiger partial charge is 0.511 e. The summed E-state index contributed by atoms with van der Waals surface area (Å²) in [7, 11) is -4.02. The summed E-state index contributed by atoms with van der Waals surface area (Å²) >= 11 is 0. The van der Waals surface area contributed by atoms with Crippen LogP contribution in [0, 0.1) is 11.3 Å². The summed E-state index contributed by atoms with van der Waals surface area (Å²) in [5.74, 6) is 1.06. The first-order chi connectivity index (χ1) is 14.6. The number of alkyl halides is 3. The van der Waals surface area contributed by atoms with Gasteiger partial charge < -0.3 is 14.6 Å². The van der Waals surface area contributed by atoms with Crippen LogP contribution in [-0.2, 0) is 23.1 Å². The average molecular weight is 456 g/mol. The molecule has 0 amide bonds. The number of hydrogen-bond acceptors (Lipinski definition) is 5. The summed E-state index contributed by atoms with van der Waals surface area (Å²) in [6.07, 6.45) is 5.99. The van der Waals surface area contributed by atoms with Crippen LogP contribution in [0.3, 0.4) is 0 Å². The molecule has 0 saturated heterocycles. The number of aromatic amines is 1. The van der Waals surface area contributed by atoms with Gasteiger partial charge in [-0.1, -0.05) is 0 Å². The second kappa shape index (κ2) is 6.86. The number of hydrogen-bond donors (Lipinski definition) is 1. The number of aromatic nitrogens is 2. The smallest absolute Gasteiger partial charge is 0.497 e. The molecule has 1 N–H and O–H groups in total. The van der Waals surface area contributed by atoms with Gasteiger partial charge in [-0.15, -0.1) is 0 Å². The lowest BCUT2D eigenvalue weighted by Crippen LogP contribution is -2.66. The monoisotopic (exact) mass is 456 g/mol. The quantitative estimate of drug-likeness (QED) is 0.747. The van der Waals surface area contributed by atoms with E-state index < -0.39 is 15.5 Å². The van der Waals surface area contributed by atoms with Crippen LogP contribution in [0.4, 0.5) is 18.9 Å². The number of rotatable bonds is 5. The number of fused-ring (bicyclic) bond motifs is 1. The molecule has 31 heavy (non-hydrogen) atoms. The Morgan fingerprint density at radius 1 is 1.29 bits per heavy atom. The summed E-state index contributed by atoms with van der Waals surface area (Å²) in [5.41, 5.74) is -3.49. The van der Waals surface area contributed by atoms with Crippen molar-refractivity contribution in [1.82, 2.24) is 14.3 Å². The van der Waals surface area contributed by atoms with Crippen LogP contribution in [0.1, 0.15) is 30.5 Å². The zero-order valence-electron chi connectivity index (χ0n) is 16.9. The van der Waals surface area contributed by atoms with E-state index in [-0.39, 0.29) is 24.5 Å². The van der Waals surface area contributed by atoms with E-state index in [4.69, 9.17) is 4.74 Å². The lowest BCUT2D eigenvalue weighted by atomic mass is 9.41. The van der Waals surface area contributed by atoms with Gasteiger partial charge in [0, 0.05) is 31.0 Å². The first-order valence-corrected chi connectivity index (χ1v) is 11.5. The Kier molecular flexibility index (Phi) is 4.57. The Labute approximate surface area is 178 Å². The lowest BCUT2D eigenvalue weighted by Gasteiger charge is -2.67. The number of benzene rings is 1. The molecule has 3 aliphatic carbocycles. The van der Waals surface area contributed by atoms with Gasteiger partial charge in [0.1, 0.15) is 5.75 Å². The molecular weight excluding hydrogens is 433 g/mol. The average Bonchev–Trinajstić information content (AvgIpc) is 3.09. The summed E-state index contributed by atoms with van der Waals surface area (Å²) in [4.78, 5) is 9.17. The maximum absolute atomic E-state index is 13.5. The van der Waals surface area contributed by atoms with Crippen LogP contribution >= 0.6 is 0 Å². The number of anilines is 1. The van der Waals surface area contributed by atoms with Crippen LogP contribution in [0.25, 0.3) is 0 Å². The molecular formula is C20H23F3N4O3S. The summed E-state index contributed by atoms with van der Waals surface area (Å²) in [5, 5.41) is 0. The third-order valence-corrected chi connectivity index (χ3v) is 8.56. The van der Waals surface area contributed by atoms with Crippen molar-refractivity contribution < 1.29 is 26.3 Å². The van der Waals surface area contributed by atoms with Crippen molar-refractivity contribution in [2.75, 3.05) is 18.6 Å². The predicted molar refractivity (Wildman–Crippen MR) is 107 cm³/mol. The van der Waals surface area contributed by atoms with Crippen LogP contribution in [0.2, 0.25) is 0 Å². The van der Waals surface area contributed by atoms with Crippen LogP contribution in [-0.4, -0.2) is 47.9 Å². The van der Waals surface area contributed by atoms with Gasteiger partial charge in [-0.3, -0.25) is 0 Å². The molecule has 1 aromatic carbocycles. The Hall–Kier alpha value is -2.27. The number of nitrogens with one attached hydrogen (secondary N) is 1. The third kappa shape index (κ3) is 3.20. The molecule has 3 fully saturated rings. The van der Waals surface area contributed by atoms with Crippen LogP contribution in [0.15, 0.2) is 30.7 Å². The van der Waals surface area contributed by atoms with Gasteiger partial charge in [0.15, 0.2) is 0 Å². The van der Waals surface area contributed by atoms with Crippen molar-refractivity contribution in [3.8, 4) is 5.75 Å². The molecule has 4 aliphatic rings. The zero-order chi connectivity index (χ0) is 22.0. The van der Waals surface area contributed by atoms with E-state index in [1.165, 1.54) is 7.11 Å². The Balaban J connectivity index is 1.63. The molecule has 2 aromatic rings. The molecule has 2 bridgehead atoms. The van der Waals surface area contributed by atoms with Crippen molar-refractivity contribution >= 4 is 15.7 Å². The second-order valence-electron chi connectivity index (χ2n) is 8.80. The van der Waals surface area contributed by atoms with Crippen molar-refractivity contribution in [3.05, 3.63) is 42.0 Å². The topological polar surface area (TPSA) is 78.5 Å². The van der Waals surface area contributed by atoms with Crippen molar-refractivity contribution in [3.63, 3.8) is 0 Å². The molecule has 1 aromatic heterocycles. The minimum atomic E-state index is -5.48. The van der Waals surface area contributed by atoms with Gasteiger partial charge in [0.2, 0.25) is 0 Å². The van der Waals surface area contributed by atoms with E-state index in [0.717, 1.165) is 30.6 Å². The maximum atomic E-state index is 13.5. The van der Waals surface area contributed by atoms with Gasteiger partial charge in [-0.2, -0.15) is 17.5 Å². The lowest BCUT2D eigenvalue weighted by molar-refractivity contribution is -0.129. The van der Waals surface area contributed by atoms with Gasteiger partial charge >= 0.3 is 15.5 Å². The van der Waals surface area contributed by atoms with E-state index >= 15 is 0 Å². The Morgan fingerprint density at radius 2 is 2.03 bits per heavy atom. The molecule has 0 radical (unpaired) electrons. The van der Waals surface area contributed by atoms with E-state index in [9.17, 15) is 21.6 Å². The molecule has 0 unspecified atom stereocenters. The SMILES string of the molecule is COc1ccc2c(c1)CN(S(=O)(=O)C(F)(F)F)C[C@@H](C13CC(C1)C3)N2Cc1cnc[nH]1. The molecule has 6 rings (SSSR count). The minimum absolute atomic E-state index is 0.161. The Bertz CT molecular complexity index is 1070. The number of H-pyrrole nitrogens is 1. The Morgan fingerprint density at radius 3 is 2.58 bits per heavy atom.